The molecule has 0 aliphatic heterocycles. The number of aryl methyl sites for hydroxylation is 1. The maximum atomic E-state index is 11.2. The summed E-state index contributed by atoms with van der Waals surface area (Å²) in [6.07, 6.45) is 1.05. The minimum absolute atomic E-state index is 0.319. The molecule has 0 N–H and O–H groups in total. The molecule has 0 atom stereocenters. The summed E-state index contributed by atoms with van der Waals surface area (Å²) in [7, 11) is 0. The van der Waals surface area contributed by atoms with Gasteiger partial charge in [0, 0.05) is 0 Å². The van der Waals surface area contributed by atoms with E-state index in [0.29, 0.717) is 12.4 Å². The van der Waals surface area contributed by atoms with E-state index in [9.17, 15) is 4.79 Å². The highest BCUT2D eigenvalue weighted by Gasteiger charge is 2.11. The van der Waals surface area contributed by atoms with Crippen molar-refractivity contribution in [3.05, 3.63) is 29.3 Å². The first-order valence-electron chi connectivity index (χ1n) is 5.59. The second kappa shape index (κ2) is 6.16. The number of ether oxygens (including phenoxy) is 2. The van der Waals surface area contributed by atoms with E-state index in [1.165, 1.54) is 0 Å². The van der Waals surface area contributed by atoms with Crippen molar-refractivity contribution in [2.75, 3.05) is 6.61 Å². The van der Waals surface area contributed by atoms with Crippen LogP contribution in [-0.2, 0) is 17.6 Å². The molecule has 0 heterocycles. The molecule has 1 aromatic rings. The van der Waals surface area contributed by atoms with Gasteiger partial charge in [0.25, 0.3) is 0 Å². The monoisotopic (exact) mass is 221 g/mol. The van der Waals surface area contributed by atoms with Crippen LogP contribution in [0.3, 0.4) is 0 Å². The lowest BCUT2D eigenvalue weighted by Crippen LogP contribution is -2.11. The lowest BCUT2D eigenvalue weighted by molar-refractivity contribution is 0.104. The highest BCUT2D eigenvalue weighted by Crippen LogP contribution is 2.23. The summed E-state index contributed by atoms with van der Waals surface area (Å²) < 4.78 is 9.89. The van der Waals surface area contributed by atoms with Gasteiger partial charge >= 0.3 is 6.16 Å². The maximum absolute atomic E-state index is 11.2. The Morgan fingerprint density at radius 3 is 2.62 bits per heavy atom. The fraction of sp³-hybridized carbons (Fsp3) is 0.462. The normalized spacial score (nSPS) is 9.94. The minimum atomic E-state index is -0.648. The van der Waals surface area contributed by atoms with Crippen LogP contribution in [0.2, 0.25) is 0 Å². The first kappa shape index (κ1) is 12.6. The van der Waals surface area contributed by atoms with Crippen LogP contribution in [0.1, 0.15) is 31.9 Å². The van der Waals surface area contributed by atoms with Crippen molar-refractivity contribution in [2.45, 2.75) is 33.6 Å². The first-order valence-corrected chi connectivity index (χ1v) is 5.59. The molecule has 87 valence electrons. The van der Waals surface area contributed by atoms with Gasteiger partial charge in [-0.3, -0.25) is 0 Å². The zero-order chi connectivity index (χ0) is 12.0. The lowest BCUT2D eigenvalue weighted by atomic mass is 10.0. The smallest absolute Gasteiger partial charge is 0.434 e. The van der Waals surface area contributed by atoms with Gasteiger partial charge in [-0.25, -0.2) is 4.79 Å². The number of carbonyl (C=O) groups excluding carboxylic acids is 1. The predicted molar refractivity (Wildman–Crippen MR) is 61.7 cm³/mol. The van der Waals surface area contributed by atoms with Gasteiger partial charge in [-0.05, 0) is 43.0 Å². The summed E-state index contributed by atoms with van der Waals surface area (Å²) in [4.78, 5) is 11.2. The fourth-order valence-electron chi connectivity index (χ4n) is 1.59. The van der Waals surface area contributed by atoms with Crippen molar-refractivity contribution in [2.24, 2.45) is 0 Å². The van der Waals surface area contributed by atoms with E-state index in [2.05, 4.69) is 13.0 Å². The molecule has 0 spiro atoms. The van der Waals surface area contributed by atoms with Gasteiger partial charge in [-0.1, -0.05) is 19.9 Å². The number of rotatable bonds is 4. The molecule has 0 saturated carbocycles. The highest BCUT2D eigenvalue weighted by molar-refractivity contribution is 5.64. The molecule has 0 saturated heterocycles. The zero-order valence-corrected chi connectivity index (χ0v) is 10.0. The van der Waals surface area contributed by atoms with E-state index in [1.54, 1.807) is 19.1 Å². The van der Waals surface area contributed by atoms with Gasteiger partial charge in [0.15, 0.2) is 0 Å². The van der Waals surface area contributed by atoms with Crippen LogP contribution in [-0.4, -0.2) is 12.8 Å². The van der Waals surface area contributed by atoms with E-state index in [1.807, 2.05) is 6.92 Å². The maximum Gasteiger partial charge on any atom is 0.513 e. The molecule has 0 bridgehead atoms. The third-order valence-corrected chi connectivity index (χ3v) is 2.32. The van der Waals surface area contributed by atoms with Gasteiger partial charge in [0.2, 0.25) is 0 Å². The standard InChI is InChI=1S/C13H17O3/c1-4-10-8-7-9-12(11(10)5-2)16-13(14)15-6-3/h7,9H,4-6H2,1-3H3. The van der Waals surface area contributed by atoms with Crippen molar-refractivity contribution < 1.29 is 14.3 Å². The number of hydrogen-bond acceptors (Lipinski definition) is 3. The molecule has 0 unspecified atom stereocenters. The highest BCUT2D eigenvalue weighted by atomic mass is 16.7. The zero-order valence-electron chi connectivity index (χ0n) is 10.0. The van der Waals surface area contributed by atoms with Crippen LogP contribution in [0.4, 0.5) is 4.79 Å². The number of benzene rings is 1. The molecule has 1 aromatic carbocycles. The van der Waals surface area contributed by atoms with Gasteiger partial charge < -0.3 is 9.47 Å². The van der Waals surface area contributed by atoms with Gasteiger partial charge in [-0.2, -0.15) is 0 Å². The summed E-state index contributed by atoms with van der Waals surface area (Å²) >= 11 is 0. The molecule has 1 rings (SSSR count). The Kier molecular flexibility index (Phi) is 4.83. The summed E-state index contributed by atoms with van der Waals surface area (Å²) in [5, 5.41) is 0. The first-order chi connectivity index (χ1) is 7.72. The molecule has 0 amide bonds. The summed E-state index contributed by atoms with van der Waals surface area (Å²) in [5.41, 5.74) is 2.11. The molecule has 3 heteroatoms. The third-order valence-electron chi connectivity index (χ3n) is 2.32. The lowest BCUT2D eigenvalue weighted by Gasteiger charge is -2.11. The Hall–Kier alpha value is -1.51. The molecule has 0 aromatic heterocycles. The minimum Gasteiger partial charge on any atom is -0.434 e. The van der Waals surface area contributed by atoms with Crippen LogP contribution >= 0.6 is 0 Å². The summed E-state index contributed by atoms with van der Waals surface area (Å²) in [5.74, 6) is 0.580. The molecule has 0 aliphatic rings. The van der Waals surface area contributed by atoms with Crippen molar-refractivity contribution in [1.82, 2.24) is 0 Å². The molecule has 0 aliphatic carbocycles. The van der Waals surface area contributed by atoms with E-state index >= 15 is 0 Å². The van der Waals surface area contributed by atoms with Crippen LogP contribution in [0, 0.1) is 6.07 Å². The van der Waals surface area contributed by atoms with Crippen LogP contribution in [0.15, 0.2) is 12.1 Å². The molecule has 16 heavy (non-hydrogen) atoms. The number of carbonyl (C=O) groups is 1. The van der Waals surface area contributed by atoms with Crippen LogP contribution < -0.4 is 4.74 Å². The molecule has 1 radical (unpaired) electrons. The Balaban J connectivity index is 2.90. The Labute approximate surface area is 96.4 Å². The van der Waals surface area contributed by atoms with Crippen LogP contribution in [0.25, 0.3) is 0 Å². The predicted octanol–water partition coefficient (Wildman–Crippen LogP) is 3.15. The molecule has 0 fully saturated rings. The van der Waals surface area contributed by atoms with Crippen molar-refractivity contribution >= 4 is 6.16 Å². The second-order valence-corrected chi connectivity index (χ2v) is 3.29. The molecular formula is C13H17O3. The molecular weight excluding hydrogens is 204 g/mol. The molecule has 3 nitrogen and oxygen atoms in total. The largest absolute Gasteiger partial charge is 0.513 e. The Morgan fingerprint density at radius 1 is 1.31 bits per heavy atom. The third kappa shape index (κ3) is 2.99. The quantitative estimate of drug-likeness (QED) is 0.578. The average molecular weight is 221 g/mol. The van der Waals surface area contributed by atoms with E-state index < -0.39 is 6.16 Å². The van der Waals surface area contributed by atoms with Crippen molar-refractivity contribution in [1.29, 1.82) is 0 Å². The van der Waals surface area contributed by atoms with Crippen molar-refractivity contribution in [3.8, 4) is 5.75 Å². The van der Waals surface area contributed by atoms with Crippen LogP contribution in [0.5, 0.6) is 5.75 Å². The van der Waals surface area contributed by atoms with E-state index in [0.717, 1.165) is 24.0 Å². The Morgan fingerprint density at radius 2 is 2.06 bits per heavy atom. The second-order valence-electron chi connectivity index (χ2n) is 3.29. The topological polar surface area (TPSA) is 35.5 Å². The summed E-state index contributed by atoms with van der Waals surface area (Å²) in [6.45, 7) is 6.15. The van der Waals surface area contributed by atoms with Crippen molar-refractivity contribution in [3.63, 3.8) is 0 Å². The fourth-order valence-corrected chi connectivity index (χ4v) is 1.59. The SMILES string of the molecule is CCOC(=O)Oc1cc[c]c(CC)c1CC. The van der Waals surface area contributed by atoms with E-state index in [4.69, 9.17) is 9.47 Å². The van der Waals surface area contributed by atoms with Gasteiger partial charge in [0.05, 0.1) is 6.61 Å². The Bertz CT molecular complexity index is 358. The van der Waals surface area contributed by atoms with Gasteiger partial charge in [0.1, 0.15) is 5.75 Å². The van der Waals surface area contributed by atoms with Gasteiger partial charge in [-0.15, -0.1) is 0 Å². The summed E-state index contributed by atoms with van der Waals surface area (Å²) in [6, 6.07) is 6.67. The number of hydrogen-bond donors (Lipinski definition) is 0. The van der Waals surface area contributed by atoms with E-state index in [-0.39, 0.29) is 0 Å². The average Bonchev–Trinajstić information content (AvgIpc) is 2.29.